The first kappa shape index (κ1) is 22.8. The first-order chi connectivity index (χ1) is 16.1. The zero-order valence-corrected chi connectivity index (χ0v) is 19.7. The summed E-state index contributed by atoms with van der Waals surface area (Å²) in [6, 6.07) is 21.4. The molecule has 0 aliphatic heterocycles. The van der Waals surface area contributed by atoms with Crippen molar-refractivity contribution in [2.45, 2.75) is 13.5 Å². The van der Waals surface area contributed by atoms with Crippen LogP contribution in [0, 0.1) is 0 Å². The Morgan fingerprint density at radius 2 is 1.61 bits per heavy atom. The van der Waals surface area contributed by atoms with Crippen molar-refractivity contribution in [3.8, 4) is 22.6 Å². The molecule has 0 fully saturated rings. The summed E-state index contributed by atoms with van der Waals surface area (Å²) in [5, 5.41) is 0. The molecule has 0 aliphatic rings. The van der Waals surface area contributed by atoms with Gasteiger partial charge in [0, 0.05) is 30.8 Å². The van der Waals surface area contributed by atoms with E-state index in [4.69, 9.17) is 14.2 Å². The van der Waals surface area contributed by atoms with Crippen LogP contribution in [0.15, 0.2) is 71.7 Å². The highest BCUT2D eigenvalue weighted by molar-refractivity contribution is 7.16. The van der Waals surface area contributed by atoms with Crippen LogP contribution < -0.4 is 14.3 Å². The first-order valence-electron chi connectivity index (χ1n) is 10.7. The van der Waals surface area contributed by atoms with Gasteiger partial charge >= 0.3 is 0 Å². The third-order valence-electron chi connectivity index (χ3n) is 5.29. The third-order valence-corrected chi connectivity index (χ3v) is 6.33. The zero-order valence-electron chi connectivity index (χ0n) is 18.9. The van der Waals surface area contributed by atoms with Gasteiger partial charge in [0.15, 0.2) is 16.3 Å². The van der Waals surface area contributed by atoms with Crippen molar-refractivity contribution in [2.24, 2.45) is 4.99 Å². The summed E-state index contributed by atoms with van der Waals surface area (Å²) in [7, 11) is 3.21. The highest BCUT2D eigenvalue weighted by Crippen LogP contribution is 2.33. The molecule has 7 heteroatoms. The maximum Gasteiger partial charge on any atom is 0.279 e. The predicted molar refractivity (Wildman–Crippen MR) is 131 cm³/mol. The van der Waals surface area contributed by atoms with Crippen LogP contribution in [-0.4, -0.2) is 37.9 Å². The number of hydrogen-bond donors (Lipinski definition) is 0. The van der Waals surface area contributed by atoms with Crippen molar-refractivity contribution in [3.63, 3.8) is 0 Å². The van der Waals surface area contributed by atoms with Gasteiger partial charge in [-0.25, -0.2) is 0 Å². The molecule has 33 heavy (non-hydrogen) atoms. The Kier molecular flexibility index (Phi) is 7.22. The molecule has 0 saturated carbocycles. The molecular weight excluding hydrogens is 436 g/mol. The highest BCUT2D eigenvalue weighted by Gasteiger charge is 2.14. The van der Waals surface area contributed by atoms with Crippen LogP contribution in [0.4, 0.5) is 0 Å². The first-order valence-corrected chi connectivity index (χ1v) is 11.5. The number of rotatable bonds is 8. The molecule has 4 aromatic rings. The second-order valence-corrected chi connectivity index (χ2v) is 8.28. The van der Waals surface area contributed by atoms with E-state index in [1.165, 1.54) is 11.3 Å². The summed E-state index contributed by atoms with van der Waals surface area (Å²) < 4.78 is 19.4. The van der Waals surface area contributed by atoms with Gasteiger partial charge in [-0.1, -0.05) is 53.8 Å². The fourth-order valence-corrected chi connectivity index (χ4v) is 4.65. The van der Waals surface area contributed by atoms with E-state index in [1.807, 2.05) is 78.2 Å². The SMILES string of the molecule is CCOCCn1c(=NC(=O)c2ccc(-c3ccccc3)cc2)sc2cc(OC)c(OC)cc21. The Balaban J connectivity index is 1.72. The minimum atomic E-state index is -0.287. The monoisotopic (exact) mass is 462 g/mol. The molecule has 0 atom stereocenters. The fourth-order valence-electron chi connectivity index (χ4n) is 3.59. The summed E-state index contributed by atoms with van der Waals surface area (Å²) in [4.78, 5) is 18.1. The molecule has 3 aromatic carbocycles. The molecule has 0 aliphatic carbocycles. The predicted octanol–water partition coefficient (Wildman–Crippen LogP) is 5.16. The van der Waals surface area contributed by atoms with E-state index in [0.29, 0.717) is 41.6 Å². The van der Waals surface area contributed by atoms with Crippen LogP contribution in [0.25, 0.3) is 21.3 Å². The number of aromatic nitrogens is 1. The quantitative estimate of drug-likeness (QED) is 0.339. The van der Waals surface area contributed by atoms with E-state index >= 15 is 0 Å². The number of carbonyl (C=O) groups is 1. The summed E-state index contributed by atoms with van der Waals surface area (Å²) in [5.41, 5.74) is 3.62. The van der Waals surface area contributed by atoms with Crippen molar-refractivity contribution in [2.75, 3.05) is 27.4 Å². The van der Waals surface area contributed by atoms with Gasteiger partial charge in [-0.3, -0.25) is 4.79 Å². The topological polar surface area (TPSA) is 62.1 Å². The highest BCUT2D eigenvalue weighted by atomic mass is 32.1. The molecular formula is C26H26N2O4S. The Hall–Kier alpha value is -3.42. The number of methoxy groups -OCH3 is 2. The number of hydrogen-bond acceptors (Lipinski definition) is 5. The van der Waals surface area contributed by atoms with Gasteiger partial charge in [-0.15, -0.1) is 0 Å². The van der Waals surface area contributed by atoms with Crippen LogP contribution in [-0.2, 0) is 11.3 Å². The molecule has 1 amide bonds. The molecule has 0 bridgehead atoms. The molecule has 4 rings (SSSR count). The molecule has 6 nitrogen and oxygen atoms in total. The van der Waals surface area contributed by atoms with Gasteiger partial charge in [-0.2, -0.15) is 4.99 Å². The van der Waals surface area contributed by atoms with E-state index < -0.39 is 0 Å². The molecule has 0 unspecified atom stereocenters. The van der Waals surface area contributed by atoms with Crippen molar-refractivity contribution in [3.05, 3.63) is 77.1 Å². The molecule has 1 heterocycles. The van der Waals surface area contributed by atoms with Crippen molar-refractivity contribution in [1.82, 2.24) is 4.57 Å². The molecule has 1 aromatic heterocycles. The molecule has 170 valence electrons. The van der Waals surface area contributed by atoms with E-state index in [9.17, 15) is 4.79 Å². The summed E-state index contributed by atoms with van der Waals surface area (Å²) in [6.45, 7) is 3.67. The largest absolute Gasteiger partial charge is 0.493 e. The van der Waals surface area contributed by atoms with Gasteiger partial charge in [0.1, 0.15) is 0 Å². The average Bonchev–Trinajstić information content (AvgIpc) is 3.19. The zero-order chi connectivity index (χ0) is 23.2. The number of thiazole rings is 1. The van der Waals surface area contributed by atoms with Crippen molar-refractivity contribution in [1.29, 1.82) is 0 Å². The minimum Gasteiger partial charge on any atom is -0.493 e. The van der Waals surface area contributed by atoms with Crippen molar-refractivity contribution >= 4 is 27.5 Å². The van der Waals surface area contributed by atoms with Crippen LogP contribution in [0.1, 0.15) is 17.3 Å². The lowest BCUT2D eigenvalue weighted by atomic mass is 10.0. The number of fused-ring (bicyclic) bond motifs is 1. The molecule has 0 saturated heterocycles. The lowest BCUT2D eigenvalue weighted by molar-refractivity contribution is 0.0996. The summed E-state index contributed by atoms with van der Waals surface area (Å²) >= 11 is 1.44. The second-order valence-electron chi connectivity index (χ2n) is 7.27. The van der Waals surface area contributed by atoms with E-state index in [-0.39, 0.29) is 5.91 Å². The van der Waals surface area contributed by atoms with E-state index in [1.54, 1.807) is 14.2 Å². The van der Waals surface area contributed by atoms with Crippen LogP contribution in [0.2, 0.25) is 0 Å². The number of ether oxygens (including phenoxy) is 3. The number of amides is 1. The van der Waals surface area contributed by atoms with Crippen LogP contribution in [0.5, 0.6) is 11.5 Å². The standard InChI is InChI=1S/C26H26N2O4S/c1-4-32-15-14-28-21-16-22(30-2)23(31-3)17-24(21)33-26(28)27-25(29)20-12-10-19(11-13-20)18-8-6-5-7-9-18/h5-13,16-17H,4,14-15H2,1-3H3. The third kappa shape index (κ3) is 4.99. The molecule has 0 radical (unpaired) electrons. The van der Waals surface area contributed by atoms with Gasteiger partial charge < -0.3 is 18.8 Å². The Morgan fingerprint density at radius 3 is 2.27 bits per heavy atom. The number of carbonyl (C=O) groups excluding carboxylic acids is 1. The maximum absolute atomic E-state index is 13.0. The maximum atomic E-state index is 13.0. The number of benzene rings is 3. The Labute approximate surface area is 196 Å². The molecule has 0 N–H and O–H groups in total. The second kappa shape index (κ2) is 10.5. The fraction of sp³-hybridized carbons (Fsp3) is 0.231. The van der Waals surface area contributed by atoms with Crippen LogP contribution >= 0.6 is 11.3 Å². The smallest absolute Gasteiger partial charge is 0.279 e. The summed E-state index contributed by atoms with van der Waals surface area (Å²) in [6.07, 6.45) is 0. The lowest BCUT2D eigenvalue weighted by Crippen LogP contribution is -2.19. The Bertz CT molecular complexity index is 1310. The van der Waals surface area contributed by atoms with Crippen LogP contribution in [0.3, 0.4) is 0 Å². The van der Waals surface area contributed by atoms with E-state index in [0.717, 1.165) is 21.3 Å². The van der Waals surface area contributed by atoms with Gasteiger partial charge in [0.2, 0.25) is 0 Å². The van der Waals surface area contributed by atoms with Gasteiger partial charge in [0.05, 0.1) is 31.0 Å². The van der Waals surface area contributed by atoms with Gasteiger partial charge in [0.25, 0.3) is 5.91 Å². The molecule has 0 spiro atoms. The van der Waals surface area contributed by atoms with Gasteiger partial charge in [-0.05, 0) is 30.2 Å². The minimum absolute atomic E-state index is 0.287. The Morgan fingerprint density at radius 1 is 0.939 bits per heavy atom. The lowest BCUT2D eigenvalue weighted by Gasteiger charge is -2.09. The van der Waals surface area contributed by atoms with Crippen molar-refractivity contribution < 1.29 is 19.0 Å². The van der Waals surface area contributed by atoms with E-state index in [2.05, 4.69) is 4.99 Å². The normalized spacial score (nSPS) is 11.7. The number of nitrogens with zero attached hydrogens (tertiary/aromatic N) is 2. The summed E-state index contributed by atoms with van der Waals surface area (Å²) in [5.74, 6) is 0.977. The average molecular weight is 463 g/mol.